The highest BCUT2D eigenvalue weighted by molar-refractivity contribution is 5.83. The van der Waals surface area contributed by atoms with Crippen LogP contribution < -0.4 is 5.32 Å². The zero-order valence-electron chi connectivity index (χ0n) is 12.5. The van der Waals surface area contributed by atoms with Crippen LogP contribution in [-0.4, -0.2) is 35.1 Å². The van der Waals surface area contributed by atoms with Gasteiger partial charge in [0.05, 0.1) is 0 Å². The number of piperidine rings is 1. The summed E-state index contributed by atoms with van der Waals surface area (Å²) >= 11 is 0. The smallest absolute Gasteiger partial charge is 0.330 e. The highest BCUT2D eigenvalue weighted by Gasteiger charge is 2.29. The average molecular weight is 290 g/mol. The van der Waals surface area contributed by atoms with Gasteiger partial charge in [-0.3, -0.25) is 0 Å². The van der Waals surface area contributed by atoms with E-state index in [4.69, 9.17) is 0 Å². The largest absolute Gasteiger partial charge is 0.479 e. The van der Waals surface area contributed by atoms with Crippen molar-refractivity contribution in [1.29, 1.82) is 0 Å². The van der Waals surface area contributed by atoms with Gasteiger partial charge in [0.2, 0.25) is 0 Å². The molecule has 21 heavy (non-hydrogen) atoms. The Balaban J connectivity index is 2.04. The Morgan fingerprint density at radius 2 is 1.90 bits per heavy atom. The van der Waals surface area contributed by atoms with E-state index in [2.05, 4.69) is 19.2 Å². The van der Waals surface area contributed by atoms with Gasteiger partial charge in [0.1, 0.15) is 0 Å². The third-order valence-electron chi connectivity index (χ3n) is 4.27. The molecule has 0 saturated carbocycles. The van der Waals surface area contributed by atoms with Crippen LogP contribution in [0.3, 0.4) is 0 Å². The Hall–Kier alpha value is -2.04. The van der Waals surface area contributed by atoms with Gasteiger partial charge in [-0.1, -0.05) is 44.2 Å². The van der Waals surface area contributed by atoms with E-state index in [0.717, 1.165) is 6.42 Å². The van der Waals surface area contributed by atoms with E-state index in [1.165, 1.54) is 0 Å². The Morgan fingerprint density at radius 3 is 2.48 bits per heavy atom. The molecule has 1 heterocycles. The predicted octanol–water partition coefficient (Wildman–Crippen LogP) is 2.50. The minimum absolute atomic E-state index is 0.301. The minimum atomic E-state index is -1.05. The number of amides is 2. The number of carbonyl (C=O) groups is 2. The van der Waals surface area contributed by atoms with Gasteiger partial charge in [0.15, 0.2) is 6.04 Å². The van der Waals surface area contributed by atoms with Crippen LogP contribution in [0.1, 0.15) is 31.9 Å². The van der Waals surface area contributed by atoms with Crippen LogP contribution in [0.5, 0.6) is 0 Å². The number of benzene rings is 1. The number of rotatable bonds is 3. The molecule has 0 spiro atoms. The van der Waals surface area contributed by atoms with Crippen LogP contribution in [0.2, 0.25) is 0 Å². The van der Waals surface area contributed by atoms with Crippen molar-refractivity contribution in [3.8, 4) is 0 Å². The van der Waals surface area contributed by atoms with Crippen molar-refractivity contribution in [2.24, 2.45) is 11.8 Å². The van der Waals surface area contributed by atoms with E-state index >= 15 is 0 Å². The summed E-state index contributed by atoms with van der Waals surface area (Å²) in [5.41, 5.74) is 0.580. The standard InChI is InChI=1S/C16H22N2O3/c1-11-8-9-18(10-12(11)2)16(21)17-14(15(19)20)13-6-4-3-5-7-13/h3-7,11-12,14H,8-10H2,1-2H3,(H,17,21)(H,19,20)/t11?,12?,14-/m0/s1. The summed E-state index contributed by atoms with van der Waals surface area (Å²) in [5.74, 6) is -0.0177. The lowest BCUT2D eigenvalue weighted by molar-refractivity contribution is -0.139. The number of urea groups is 1. The van der Waals surface area contributed by atoms with E-state index in [1.54, 1.807) is 29.2 Å². The Morgan fingerprint density at radius 1 is 1.24 bits per heavy atom. The Bertz CT molecular complexity index is 504. The molecule has 1 fully saturated rings. The molecule has 1 aromatic carbocycles. The molecule has 1 saturated heterocycles. The van der Waals surface area contributed by atoms with E-state index in [-0.39, 0.29) is 6.03 Å². The van der Waals surface area contributed by atoms with Crippen molar-refractivity contribution in [3.05, 3.63) is 35.9 Å². The predicted molar refractivity (Wildman–Crippen MR) is 79.9 cm³/mol. The Labute approximate surface area is 125 Å². The van der Waals surface area contributed by atoms with Gasteiger partial charge in [-0.2, -0.15) is 0 Å². The molecular weight excluding hydrogens is 268 g/mol. The molecule has 5 nitrogen and oxygen atoms in total. The molecule has 1 aromatic rings. The number of nitrogens with zero attached hydrogens (tertiary/aromatic N) is 1. The number of likely N-dealkylation sites (tertiary alicyclic amines) is 1. The number of hydrogen-bond acceptors (Lipinski definition) is 2. The fourth-order valence-corrected chi connectivity index (χ4v) is 2.60. The number of nitrogens with one attached hydrogen (secondary N) is 1. The zero-order valence-corrected chi connectivity index (χ0v) is 12.5. The van der Waals surface area contributed by atoms with Crippen LogP contribution in [0, 0.1) is 11.8 Å². The van der Waals surface area contributed by atoms with Gasteiger partial charge >= 0.3 is 12.0 Å². The van der Waals surface area contributed by atoms with Crippen LogP contribution in [-0.2, 0) is 4.79 Å². The maximum atomic E-state index is 12.3. The summed E-state index contributed by atoms with van der Waals surface area (Å²) in [6.07, 6.45) is 0.956. The van der Waals surface area contributed by atoms with Gasteiger partial charge in [0.25, 0.3) is 0 Å². The topological polar surface area (TPSA) is 69.6 Å². The molecule has 0 aliphatic carbocycles. The second kappa shape index (κ2) is 6.61. The van der Waals surface area contributed by atoms with Crippen LogP contribution >= 0.6 is 0 Å². The SMILES string of the molecule is CC1CCN(C(=O)N[C@H](C(=O)O)c2ccccc2)CC1C. The fourth-order valence-electron chi connectivity index (χ4n) is 2.60. The third-order valence-corrected chi connectivity index (χ3v) is 4.27. The fraction of sp³-hybridized carbons (Fsp3) is 0.500. The van der Waals surface area contributed by atoms with Crippen LogP contribution in [0.4, 0.5) is 4.79 Å². The highest BCUT2D eigenvalue weighted by atomic mass is 16.4. The summed E-state index contributed by atoms with van der Waals surface area (Å²) in [6.45, 7) is 5.66. The summed E-state index contributed by atoms with van der Waals surface area (Å²) in [6, 6.07) is 7.46. The quantitative estimate of drug-likeness (QED) is 0.898. The molecule has 5 heteroatoms. The molecule has 3 atom stereocenters. The first kappa shape index (κ1) is 15.4. The maximum Gasteiger partial charge on any atom is 0.330 e. The monoisotopic (exact) mass is 290 g/mol. The van der Waals surface area contributed by atoms with Crippen LogP contribution in [0.25, 0.3) is 0 Å². The van der Waals surface area contributed by atoms with Crippen molar-refractivity contribution < 1.29 is 14.7 Å². The highest BCUT2D eigenvalue weighted by Crippen LogP contribution is 2.23. The summed E-state index contributed by atoms with van der Waals surface area (Å²) in [7, 11) is 0. The Kier molecular flexibility index (Phi) is 4.83. The van der Waals surface area contributed by atoms with Gasteiger partial charge < -0.3 is 15.3 Å². The normalized spacial score (nSPS) is 23.4. The number of hydrogen-bond donors (Lipinski definition) is 2. The van der Waals surface area contributed by atoms with Gasteiger partial charge in [0, 0.05) is 13.1 Å². The number of aliphatic carboxylic acids is 1. The average Bonchev–Trinajstić information content (AvgIpc) is 2.48. The van der Waals surface area contributed by atoms with Crippen molar-refractivity contribution >= 4 is 12.0 Å². The van der Waals surface area contributed by atoms with Gasteiger partial charge in [-0.25, -0.2) is 9.59 Å². The molecule has 2 unspecified atom stereocenters. The first-order valence-electron chi connectivity index (χ1n) is 7.32. The number of carboxylic acids is 1. The van der Waals surface area contributed by atoms with E-state index < -0.39 is 12.0 Å². The van der Waals surface area contributed by atoms with Crippen LogP contribution in [0.15, 0.2) is 30.3 Å². The molecule has 2 N–H and O–H groups in total. The van der Waals surface area contributed by atoms with Crippen molar-refractivity contribution in [2.75, 3.05) is 13.1 Å². The second-order valence-electron chi connectivity index (χ2n) is 5.82. The van der Waals surface area contributed by atoms with Gasteiger partial charge in [-0.15, -0.1) is 0 Å². The lowest BCUT2D eigenvalue weighted by Gasteiger charge is -2.35. The third kappa shape index (κ3) is 3.74. The number of carbonyl (C=O) groups excluding carboxylic acids is 1. The van der Waals surface area contributed by atoms with Crippen molar-refractivity contribution in [3.63, 3.8) is 0 Å². The maximum absolute atomic E-state index is 12.3. The van der Waals surface area contributed by atoms with E-state index in [1.807, 2.05) is 6.07 Å². The summed E-state index contributed by atoms with van der Waals surface area (Å²) < 4.78 is 0. The summed E-state index contributed by atoms with van der Waals surface area (Å²) in [5, 5.41) is 12.0. The molecule has 114 valence electrons. The molecular formula is C16H22N2O3. The first-order valence-corrected chi connectivity index (χ1v) is 7.32. The van der Waals surface area contributed by atoms with Crippen molar-refractivity contribution in [1.82, 2.24) is 10.2 Å². The summed E-state index contributed by atoms with van der Waals surface area (Å²) in [4.78, 5) is 25.4. The lowest BCUT2D eigenvalue weighted by atomic mass is 9.89. The second-order valence-corrected chi connectivity index (χ2v) is 5.82. The molecule has 1 aliphatic rings. The molecule has 0 radical (unpaired) electrons. The van der Waals surface area contributed by atoms with Gasteiger partial charge in [-0.05, 0) is 23.8 Å². The number of carboxylic acid groups (broad SMARTS) is 1. The molecule has 0 bridgehead atoms. The molecule has 2 rings (SSSR count). The molecule has 1 aliphatic heterocycles. The van der Waals surface area contributed by atoms with Crippen molar-refractivity contribution in [2.45, 2.75) is 26.3 Å². The lowest BCUT2D eigenvalue weighted by Crippen LogP contribution is -2.49. The van der Waals surface area contributed by atoms with E-state index in [9.17, 15) is 14.7 Å². The molecule has 2 amide bonds. The first-order chi connectivity index (χ1) is 9.99. The zero-order chi connectivity index (χ0) is 15.4. The molecule has 0 aromatic heterocycles. The van der Waals surface area contributed by atoms with E-state index in [0.29, 0.717) is 30.5 Å². The minimum Gasteiger partial charge on any atom is -0.479 e.